The van der Waals surface area contributed by atoms with Crippen LogP contribution in [0.2, 0.25) is 0 Å². The Kier molecular flexibility index (Phi) is 21.5. The van der Waals surface area contributed by atoms with Crippen molar-refractivity contribution in [3.63, 3.8) is 0 Å². The Balaban J connectivity index is 0.00000115. The van der Waals surface area contributed by atoms with Gasteiger partial charge in [-0.05, 0) is 155 Å². The van der Waals surface area contributed by atoms with Gasteiger partial charge in [0.05, 0.1) is 25.5 Å². The smallest absolute Gasteiger partial charge is 0.180 e. The van der Waals surface area contributed by atoms with E-state index in [0.717, 1.165) is 66.8 Å². The number of phenols is 2. The lowest BCUT2D eigenvalue weighted by atomic mass is 9.79. The summed E-state index contributed by atoms with van der Waals surface area (Å²) in [5.74, 6) is 1.88. The van der Waals surface area contributed by atoms with Crippen LogP contribution in [-0.2, 0) is 73.6 Å². The molecule has 508 valence electrons. The summed E-state index contributed by atoms with van der Waals surface area (Å²) in [5, 5.41) is 54.5. The number of phenolic OH excluding ortho intramolecular Hbond substituents is 2. The van der Waals surface area contributed by atoms with Crippen molar-refractivity contribution in [1.82, 2.24) is 30.0 Å². The molecule has 2 aromatic heterocycles. The van der Waals surface area contributed by atoms with Crippen LogP contribution >= 0.6 is 69.6 Å². The summed E-state index contributed by atoms with van der Waals surface area (Å²) in [7, 11) is 0. The zero-order valence-electron chi connectivity index (χ0n) is 57.6. The maximum absolute atomic E-state index is 13.1. The molecular weight excluding hydrogens is 1350 g/mol. The van der Waals surface area contributed by atoms with Crippen LogP contribution in [0.3, 0.4) is 0 Å². The van der Waals surface area contributed by atoms with E-state index in [9.17, 15) is 10.2 Å². The van der Waals surface area contributed by atoms with E-state index in [2.05, 4.69) is 241 Å². The number of nitrogens with zero attached hydrogens (tertiary/aromatic N) is 6. The molecule has 0 fully saturated rings. The molecular formula is C82H84Cl6N6O4. The standard InChI is InChI=1S/C80H82N6O4.2CHCl3/c1-77(2,3)61-35-53-31-57-39-63(79(7,8)9)41-59(75(57)89-47-65-43-85(83-81-65)45-71-67-25-17-13-21-49(67)29-50-22-14-18-26-68(50)71)33-55-37-62(78(4,5)6)38-56(74(55)88)34-60-42-64(80(10,11)12)40-58(32-54(36-61)73(53)87)76(60)90-48-66-44-86(84-82-66)46-72-69-27-19-15-23-51(69)30-52-24-16-20-28-70(52)72;2*2-1(3)4/h13-30,35-44,87-88H,31-34,45-48H2,1-12H3;2*1H. The third-order valence-corrected chi connectivity index (χ3v) is 18.3. The molecule has 8 bridgehead atoms. The lowest BCUT2D eigenvalue weighted by molar-refractivity contribution is 0.295. The third kappa shape index (κ3) is 16.8. The molecule has 1 aliphatic rings. The van der Waals surface area contributed by atoms with Gasteiger partial charge in [0.2, 0.25) is 0 Å². The molecule has 13 rings (SSSR count). The fourth-order valence-electron chi connectivity index (χ4n) is 13.2. The van der Waals surface area contributed by atoms with E-state index in [1.807, 2.05) is 21.8 Å². The molecule has 10 nitrogen and oxygen atoms in total. The molecule has 0 aliphatic heterocycles. The largest absolute Gasteiger partial charge is 0.507 e. The minimum Gasteiger partial charge on any atom is -0.507 e. The van der Waals surface area contributed by atoms with E-state index in [1.165, 1.54) is 54.2 Å². The first kappa shape index (κ1) is 71.7. The average Bonchev–Trinajstić information content (AvgIpc) is 0.915. The number of ether oxygens (including phenoxy) is 2. The summed E-state index contributed by atoms with van der Waals surface area (Å²) in [4.78, 5) is 0. The second kappa shape index (κ2) is 29.3. The zero-order valence-corrected chi connectivity index (χ0v) is 62.2. The third-order valence-electron chi connectivity index (χ3n) is 18.3. The normalized spacial score (nSPS) is 12.9. The van der Waals surface area contributed by atoms with Gasteiger partial charge in [0.1, 0.15) is 47.6 Å². The first-order valence-corrected chi connectivity index (χ1v) is 35.7. The topological polar surface area (TPSA) is 120 Å². The van der Waals surface area contributed by atoms with Gasteiger partial charge in [-0.3, -0.25) is 0 Å². The zero-order chi connectivity index (χ0) is 70.2. The van der Waals surface area contributed by atoms with Crippen molar-refractivity contribution in [3.8, 4) is 23.0 Å². The van der Waals surface area contributed by atoms with Crippen LogP contribution in [0.15, 0.2) is 170 Å². The maximum atomic E-state index is 13.1. The van der Waals surface area contributed by atoms with Crippen LogP contribution < -0.4 is 9.47 Å². The van der Waals surface area contributed by atoms with Crippen LogP contribution in [0, 0.1) is 0 Å². The second-order valence-corrected chi connectivity index (χ2v) is 33.7. The van der Waals surface area contributed by atoms with Crippen LogP contribution in [0.1, 0.15) is 172 Å². The molecule has 0 saturated carbocycles. The van der Waals surface area contributed by atoms with Crippen molar-refractivity contribution >= 4 is 113 Å². The number of fused-ring (bicyclic) bond motifs is 12. The predicted molar refractivity (Wildman–Crippen MR) is 408 cm³/mol. The molecule has 0 saturated heterocycles. The minimum atomic E-state index is -0.750. The molecule has 2 N–H and O–H groups in total. The van der Waals surface area contributed by atoms with Gasteiger partial charge in [0, 0.05) is 25.7 Å². The van der Waals surface area contributed by atoms with Crippen molar-refractivity contribution in [1.29, 1.82) is 0 Å². The summed E-state index contributed by atoms with van der Waals surface area (Å²) in [6, 6.07) is 56.4. The number of hydrogen-bond donors (Lipinski definition) is 2. The Morgan fingerprint density at radius 2 is 0.602 bits per heavy atom. The Labute approximate surface area is 605 Å². The number of alkyl halides is 6. The molecule has 16 heteroatoms. The van der Waals surface area contributed by atoms with Gasteiger partial charge >= 0.3 is 0 Å². The molecule has 0 spiro atoms. The Bertz CT molecular complexity index is 4380. The number of benzene rings is 10. The van der Waals surface area contributed by atoms with Crippen LogP contribution in [0.4, 0.5) is 0 Å². The first-order valence-electron chi connectivity index (χ1n) is 33.0. The highest BCUT2D eigenvalue weighted by atomic mass is 35.6. The Morgan fingerprint density at radius 1 is 0.367 bits per heavy atom. The molecule has 0 atom stereocenters. The van der Waals surface area contributed by atoms with Gasteiger partial charge in [0.25, 0.3) is 0 Å². The number of rotatable bonds is 10. The van der Waals surface area contributed by atoms with E-state index in [0.29, 0.717) is 61.7 Å². The van der Waals surface area contributed by atoms with E-state index in [1.54, 1.807) is 0 Å². The number of hydrogen-bond acceptors (Lipinski definition) is 8. The fraction of sp³-hybridized carbons (Fsp3) is 0.317. The molecule has 0 radical (unpaired) electrons. The van der Waals surface area contributed by atoms with Crippen LogP contribution in [0.5, 0.6) is 23.0 Å². The highest BCUT2D eigenvalue weighted by Gasteiger charge is 2.30. The van der Waals surface area contributed by atoms with Gasteiger partial charge in [-0.2, -0.15) is 0 Å². The van der Waals surface area contributed by atoms with Crippen molar-refractivity contribution in [2.24, 2.45) is 0 Å². The lowest BCUT2D eigenvalue weighted by Crippen LogP contribution is -2.16. The van der Waals surface area contributed by atoms with Gasteiger partial charge in [0.15, 0.2) is 8.59 Å². The van der Waals surface area contributed by atoms with E-state index in [4.69, 9.17) is 99.7 Å². The van der Waals surface area contributed by atoms with Gasteiger partial charge in [-0.25, -0.2) is 9.36 Å². The predicted octanol–water partition coefficient (Wildman–Crippen LogP) is 22.0. The molecule has 1 aliphatic carbocycles. The Morgan fingerprint density at radius 3 is 0.847 bits per heavy atom. The summed E-state index contributed by atoms with van der Waals surface area (Å²) in [6.07, 6.45) is 5.46. The van der Waals surface area contributed by atoms with Gasteiger partial charge in [-0.1, -0.05) is 309 Å². The minimum absolute atomic E-state index is 0.148. The molecule has 98 heavy (non-hydrogen) atoms. The van der Waals surface area contributed by atoms with E-state index < -0.39 is 8.59 Å². The fourth-order valence-corrected chi connectivity index (χ4v) is 13.2. The van der Waals surface area contributed by atoms with Crippen LogP contribution in [-0.4, -0.2) is 48.8 Å². The summed E-state index contributed by atoms with van der Waals surface area (Å²) >= 11 is 28.8. The SMILES string of the molecule is CC(C)(C)c1cc2c(O)c(c1)Cc1cc(C(C)(C)C)cc(c1OCc1cn(Cc3c4ccccc4cc4ccccc34)nn1)Cc1cc(C(C)(C)C)cc(c1O)Cc1cc(C(C)(C)C)cc(c1OCc1cn(Cc3c4ccccc4cc4ccccc34)nn1)C2.ClC(Cl)Cl.ClC(Cl)Cl. The van der Waals surface area contributed by atoms with Crippen LogP contribution in [0.25, 0.3) is 43.1 Å². The average molecular weight is 1430 g/mol. The number of aromatic hydroxyl groups is 2. The summed E-state index contributed by atoms with van der Waals surface area (Å²) < 4.78 is 16.7. The van der Waals surface area contributed by atoms with Gasteiger partial charge in [-0.15, -0.1) is 10.2 Å². The molecule has 12 aromatic rings. The summed E-state index contributed by atoms with van der Waals surface area (Å²) in [5.41, 5.74) is 14.1. The molecule has 10 aromatic carbocycles. The monoisotopic (exact) mass is 1430 g/mol. The summed E-state index contributed by atoms with van der Waals surface area (Å²) in [6.45, 7) is 28.2. The first-order chi connectivity index (χ1) is 46.3. The lowest BCUT2D eigenvalue weighted by Gasteiger charge is -2.28. The quantitative estimate of drug-likeness (QED) is 0.103. The molecule has 2 heterocycles. The van der Waals surface area contributed by atoms with Crippen molar-refractivity contribution in [2.45, 2.75) is 165 Å². The Hall–Kier alpha value is -7.54. The maximum Gasteiger partial charge on any atom is 0.180 e. The second-order valence-electron chi connectivity index (χ2n) is 29.7. The molecule has 0 amide bonds. The highest BCUT2D eigenvalue weighted by molar-refractivity contribution is 6.63. The van der Waals surface area contributed by atoms with Crippen molar-refractivity contribution < 1.29 is 19.7 Å². The van der Waals surface area contributed by atoms with E-state index in [-0.39, 0.29) is 46.4 Å². The number of halogens is 6. The molecule has 0 unspecified atom stereocenters. The van der Waals surface area contributed by atoms with E-state index >= 15 is 0 Å². The van der Waals surface area contributed by atoms with Crippen molar-refractivity contribution in [2.75, 3.05) is 0 Å². The number of aromatic nitrogens is 6. The van der Waals surface area contributed by atoms with Gasteiger partial charge < -0.3 is 19.7 Å². The highest BCUT2D eigenvalue weighted by Crippen LogP contribution is 2.45. The van der Waals surface area contributed by atoms with Crippen molar-refractivity contribution in [3.05, 3.63) is 259 Å².